The molecule has 0 saturated carbocycles. The number of hydrogen-bond donors (Lipinski definition) is 5. The number of aromatic hydroxyl groups is 2. The summed E-state index contributed by atoms with van der Waals surface area (Å²) in [6.07, 6.45) is 0.752. The van der Waals surface area contributed by atoms with Gasteiger partial charge in [-0.25, -0.2) is 29.0 Å². The Kier molecular flexibility index (Phi) is 10.6. The Hall–Kier alpha value is -6.94. The van der Waals surface area contributed by atoms with Crippen LogP contribution in [0.4, 0.5) is 10.5 Å². The van der Waals surface area contributed by atoms with E-state index >= 15 is 0 Å². The number of fused-ring (bicyclic) bond motifs is 2. The van der Waals surface area contributed by atoms with Crippen LogP contribution in [0.15, 0.2) is 70.3 Å². The number of aryl methyl sites for hydroxylation is 1. The van der Waals surface area contributed by atoms with Gasteiger partial charge in [0.25, 0.3) is 5.56 Å². The number of amides is 1. The summed E-state index contributed by atoms with van der Waals surface area (Å²) < 4.78 is 12.4. The molecule has 6 aromatic rings. The Morgan fingerprint density at radius 3 is 2.28 bits per heavy atom. The SMILES string of the molecule is CCc1c(-c2cc3c(c(=O)[nH]2)COC(=O)C3(O)CC)nc2ccc(OC(=O)N3CCN(c4ccc(-n5c(-c6cc(C(C)C)c(O)cc6O)n[nH]c5=O)cc4)CC3)cc2c1CC. The van der Waals surface area contributed by atoms with E-state index in [9.17, 15) is 34.5 Å². The molecule has 2 aliphatic rings. The van der Waals surface area contributed by atoms with Crippen molar-refractivity contribution in [2.45, 2.75) is 72.0 Å². The summed E-state index contributed by atoms with van der Waals surface area (Å²) in [6, 6.07) is 17.1. The maximum Gasteiger partial charge on any atom is 0.415 e. The highest BCUT2D eigenvalue weighted by molar-refractivity contribution is 5.89. The van der Waals surface area contributed by atoms with E-state index in [0.717, 1.165) is 22.2 Å². The number of anilines is 1. The van der Waals surface area contributed by atoms with Crippen molar-refractivity contribution in [3.63, 3.8) is 0 Å². The molecule has 0 bridgehead atoms. The largest absolute Gasteiger partial charge is 0.508 e. The highest BCUT2D eigenvalue weighted by atomic mass is 16.6. The average Bonchev–Trinajstić information content (AvgIpc) is 3.64. The molecule has 1 atom stereocenters. The first-order valence-electron chi connectivity index (χ1n) is 20.4. The number of esters is 1. The van der Waals surface area contributed by atoms with Crippen LogP contribution in [0.5, 0.6) is 17.2 Å². The number of ether oxygens (including phenoxy) is 2. The van der Waals surface area contributed by atoms with Gasteiger partial charge in [0.1, 0.15) is 23.9 Å². The van der Waals surface area contributed by atoms with Crippen molar-refractivity contribution in [3.05, 3.63) is 109 Å². The van der Waals surface area contributed by atoms with Gasteiger partial charge in [0.05, 0.1) is 33.7 Å². The number of phenols is 2. The summed E-state index contributed by atoms with van der Waals surface area (Å²) in [5.74, 6) is -0.489. The minimum absolute atomic E-state index is 0.0317. The highest BCUT2D eigenvalue weighted by Gasteiger charge is 2.44. The summed E-state index contributed by atoms with van der Waals surface area (Å²) in [4.78, 5) is 63.9. The summed E-state index contributed by atoms with van der Waals surface area (Å²) in [5.41, 5.74) is 3.29. The fraction of sp³-hybridized carbons (Fsp3) is 0.333. The first kappa shape index (κ1) is 40.8. The monoisotopic (exact) mass is 829 g/mol. The van der Waals surface area contributed by atoms with Gasteiger partial charge in [0.2, 0.25) is 0 Å². The minimum Gasteiger partial charge on any atom is -0.508 e. The van der Waals surface area contributed by atoms with Gasteiger partial charge in [0, 0.05) is 48.9 Å². The number of nitrogens with zero attached hydrogens (tertiary/aromatic N) is 5. The number of cyclic esters (lactones) is 1. The van der Waals surface area contributed by atoms with Crippen LogP contribution in [0.25, 0.3) is 39.4 Å². The number of aliphatic hydroxyl groups is 1. The van der Waals surface area contributed by atoms with Gasteiger partial charge in [-0.15, -0.1) is 0 Å². The Bertz CT molecular complexity index is 2820. The van der Waals surface area contributed by atoms with Gasteiger partial charge in [-0.3, -0.25) is 4.79 Å². The number of nitrogens with one attached hydrogen (secondary N) is 2. The lowest BCUT2D eigenvalue weighted by Gasteiger charge is -2.35. The van der Waals surface area contributed by atoms with E-state index in [1.165, 1.54) is 10.6 Å². The number of piperazine rings is 1. The molecule has 3 aromatic heterocycles. The Balaban J connectivity index is 0.975. The van der Waals surface area contributed by atoms with E-state index < -0.39 is 28.9 Å². The van der Waals surface area contributed by atoms with Gasteiger partial charge in [-0.1, -0.05) is 34.6 Å². The third-order valence-electron chi connectivity index (χ3n) is 11.8. The molecule has 16 nitrogen and oxygen atoms in total. The van der Waals surface area contributed by atoms with Crippen LogP contribution < -0.4 is 20.9 Å². The average molecular weight is 830 g/mol. The van der Waals surface area contributed by atoms with Crippen LogP contribution in [0.3, 0.4) is 0 Å². The number of aromatic amines is 2. The van der Waals surface area contributed by atoms with Gasteiger partial charge in [-0.05, 0) is 96.5 Å². The second-order valence-electron chi connectivity index (χ2n) is 15.6. The molecule has 8 rings (SSSR count). The number of carbonyl (C=O) groups excluding carboxylic acids is 2. The van der Waals surface area contributed by atoms with Crippen LogP contribution in [0, 0.1) is 0 Å². The van der Waals surface area contributed by atoms with Gasteiger partial charge in [0.15, 0.2) is 11.4 Å². The predicted octanol–water partition coefficient (Wildman–Crippen LogP) is 5.77. The Morgan fingerprint density at radius 2 is 1.61 bits per heavy atom. The van der Waals surface area contributed by atoms with E-state index in [0.29, 0.717) is 78.5 Å². The molecule has 1 fully saturated rings. The maximum atomic E-state index is 13.5. The molecule has 316 valence electrons. The summed E-state index contributed by atoms with van der Waals surface area (Å²) in [7, 11) is 0. The first-order valence-corrected chi connectivity index (χ1v) is 20.4. The van der Waals surface area contributed by atoms with Crippen LogP contribution in [0.2, 0.25) is 0 Å². The molecule has 1 amide bonds. The Labute approximate surface area is 350 Å². The molecule has 0 radical (unpaired) electrons. The molecule has 0 aliphatic carbocycles. The highest BCUT2D eigenvalue weighted by Crippen LogP contribution is 2.39. The van der Waals surface area contributed by atoms with E-state index in [4.69, 9.17) is 14.5 Å². The number of carbonyl (C=O) groups is 2. The molecule has 3 aromatic carbocycles. The molecule has 2 aliphatic heterocycles. The van der Waals surface area contributed by atoms with Crippen molar-refractivity contribution in [3.8, 4) is 45.7 Å². The van der Waals surface area contributed by atoms with E-state index in [2.05, 4.69) is 20.1 Å². The zero-order valence-electron chi connectivity index (χ0n) is 34.5. The van der Waals surface area contributed by atoms with Gasteiger partial charge in [-0.2, -0.15) is 5.10 Å². The van der Waals surface area contributed by atoms with Crippen LogP contribution in [-0.2, 0) is 34.6 Å². The fourth-order valence-electron chi connectivity index (χ4n) is 8.43. The van der Waals surface area contributed by atoms with Crippen molar-refractivity contribution in [2.24, 2.45) is 0 Å². The number of aromatic nitrogens is 5. The quantitative estimate of drug-likeness (QED) is 0.110. The molecular formula is C45H47N7O9. The Morgan fingerprint density at radius 1 is 0.902 bits per heavy atom. The molecule has 61 heavy (non-hydrogen) atoms. The van der Waals surface area contributed by atoms with Crippen molar-refractivity contribution in [2.75, 3.05) is 31.1 Å². The van der Waals surface area contributed by atoms with Crippen molar-refractivity contribution < 1.29 is 34.4 Å². The number of rotatable bonds is 9. The molecule has 16 heteroatoms. The van der Waals surface area contributed by atoms with Crippen molar-refractivity contribution in [1.82, 2.24) is 29.6 Å². The molecule has 1 unspecified atom stereocenters. The minimum atomic E-state index is -1.94. The second-order valence-corrected chi connectivity index (χ2v) is 15.6. The topological polar surface area (TPSA) is 216 Å². The summed E-state index contributed by atoms with van der Waals surface area (Å²) in [5, 5.41) is 39.7. The van der Waals surface area contributed by atoms with E-state index in [-0.39, 0.29) is 47.4 Å². The van der Waals surface area contributed by atoms with E-state index in [1.807, 2.05) is 45.9 Å². The summed E-state index contributed by atoms with van der Waals surface area (Å²) in [6.45, 7) is 11.2. The zero-order valence-corrected chi connectivity index (χ0v) is 34.5. The summed E-state index contributed by atoms with van der Waals surface area (Å²) >= 11 is 0. The predicted molar refractivity (Wildman–Crippen MR) is 227 cm³/mol. The first-order chi connectivity index (χ1) is 29.3. The third-order valence-corrected chi connectivity index (χ3v) is 11.8. The number of benzene rings is 3. The number of pyridine rings is 2. The number of H-pyrrole nitrogens is 2. The van der Waals surface area contributed by atoms with Gasteiger partial charge < -0.3 is 39.6 Å². The number of phenolic OH excluding ortho intramolecular Hbond substituents is 2. The molecule has 1 saturated heterocycles. The normalized spacial score (nSPS) is 16.5. The number of hydrogen-bond acceptors (Lipinski definition) is 12. The molecular weight excluding hydrogens is 783 g/mol. The lowest BCUT2D eigenvalue weighted by Crippen LogP contribution is -2.49. The third kappa shape index (κ3) is 7.15. The molecule has 5 heterocycles. The van der Waals surface area contributed by atoms with Crippen molar-refractivity contribution >= 4 is 28.7 Å². The van der Waals surface area contributed by atoms with Gasteiger partial charge >= 0.3 is 17.8 Å². The second kappa shape index (κ2) is 15.9. The zero-order chi connectivity index (χ0) is 43.3. The van der Waals surface area contributed by atoms with Crippen LogP contribution in [-0.4, -0.2) is 83.2 Å². The molecule has 0 spiro atoms. The lowest BCUT2D eigenvalue weighted by molar-refractivity contribution is -0.172. The standard InChI is InChI=1S/C45H47N7O9/c1-6-28-29(7-2)39(36-21-34-33(41(55)47-36)23-60-42(56)45(34,59)8-3)46-35-14-13-27(19-31(28)35)61-44(58)51-17-15-50(16-18-51)25-9-11-26(12-10-25)52-40(48-49-43(52)57)32-20-30(24(4)5)37(53)22-38(32)54/h9-14,19-22,24,53-54,59H,6-8,15-18,23H2,1-5H3,(H,47,55)(H,49,57). The smallest absolute Gasteiger partial charge is 0.415 e. The van der Waals surface area contributed by atoms with Crippen LogP contribution in [0.1, 0.15) is 74.8 Å². The maximum absolute atomic E-state index is 13.5. The molecule has 5 N–H and O–H groups in total. The van der Waals surface area contributed by atoms with Crippen LogP contribution >= 0.6 is 0 Å². The van der Waals surface area contributed by atoms with E-state index in [1.54, 1.807) is 48.2 Å². The fourth-order valence-corrected chi connectivity index (χ4v) is 8.43. The van der Waals surface area contributed by atoms with Crippen molar-refractivity contribution in [1.29, 1.82) is 0 Å². The lowest BCUT2D eigenvalue weighted by atomic mass is 9.85.